The van der Waals surface area contributed by atoms with Crippen molar-refractivity contribution < 1.29 is 9.47 Å². The Labute approximate surface area is 127 Å². The van der Waals surface area contributed by atoms with E-state index in [1.165, 1.54) is 17.5 Å². The molecule has 1 aliphatic heterocycles. The Morgan fingerprint density at radius 3 is 2.40 bits per heavy atom. The van der Waals surface area contributed by atoms with Gasteiger partial charge in [-0.2, -0.15) is 12.6 Å². The highest BCUT2D eigenvalue weighted by Gasteiger charge is 2.20. The first-order valence-electron chi connectivity index (χ1n) is 7.28. The van der Waals surface area contributed by atoms with Crippen LogP contribution in [-0.4, -0.2) is 38.0 Å². The van der Waals surface area contributed by atoms with Gasteiger partial charge in [0.2, 0.25) is 0 Å². The number of benzene rings is 1. The first kappa shape index (κ1) is 15.5. The Bertz CT molecular complexity index is 446. The van der Waals surface area contributed by atoms with E-state index in [2.05, 4.69) is 36.6 Å². The Balaban J connectivity index is 2.13. The quantitative estimate of drug-likeness (QED) is 0.815. The van der Waals surface area contributed by atoms with Crippen LogP contribution < -0.4 is 9.47 Å². The molecule has 4 heteroatoms. The molecule has 0 N–H and O–H groups in total. The molecule has 1 heterocycles. The van der Waals surface area contributed by atoms with Crippen molar-refractivity contribution in [2.75, 3.05) is 33.1 Å². The average molecular weight is 295 g/mol. The normalized spacial score (nSPS) is 16.6. The van der Waals surface area contributed by atoms with Crippen LogP contribution in [0.1, 0.15) is 24.5 Å². The molecule has 1 aromatic rings. The lowest BCUT2D eigenvalue weighted by molar-refractivity contribution is 0.218. The van der Waals surface area contributed by atoms with Gasteiger partial charge in [-0.1, -0.05) is 13.3 Å². The second kappa shape index (κ2) is 7.23. The van der Waals surface area contributed by atoms with Crippen molar-refractivity contribution in [3.05, 3.63) is 23.3 Å². The van der Waals surface area contributed by atoms with Gasteiger partial charge < -0.3 is 9.47 Å². The molecule has 1 atom stereocenters. The van der Waals surface area contributed by atoms with Crippen molar-refractivity contribution in [1.82, 2.24) is 4.90 Å². The van der Waals surface area contributed by atoms with E-state index in [9.17, 15) is 0 Å². The first-order valence-corrected chi connectivity index (χ1v) is 7.92. The van der Waals surface area contributed by atoms with Crippen molar-refractivity contribution in [3.8, 4) is 11.5 Å². The highest BCUT2D eigenvalue weighted by atomic mass is 32.1. The fourth-order valence-electron chi connectivity index (χ4n) is 2.78. The van der Waals surface area contributed by atoms with E-state index in [0.717, 1.165) is 43.3 Å². The number of ether oxygens (including phenoxy) is 2. The van der Waals surface area contributed by atoms with Crippen molar-refractivity contribution in [2.24, 2.45) is 5.92 Å². The fourth-order valence-corrected chi connectivity index (χ4v) is 3.15. The zero-order chi connectivity index (χ0) is 14.5. The number of hydrogen-bond donors (Lipinski definition) is 1. The maximum absolute atomic E-state index is 5.41. The Morgan fingerprint density at radius 2 is 1.85 bits per heavy atom. The summed E-state index contributed by atoms with van der Waals surface area (Å²) in [5, 5.41) is 0. The molecule has 0 amide bonds. The van der Waals surface area contributed by atoms with Crippen LogP contribution >= 0.6 is 12.6 Å². The maximum Gasteiger partial charge on any atom is 0.161 e. The predicted octanol–water partition coefficient (Wildman–Crippen LogP) is 3.02. The topological polar surface area (TPSA) is 21.7 Å². The molecular formula is C16H25NO2S. The molecule has 0 aliphatic carbocycles. The third kappa shape index (κ3) is 3.41. The number of fused-ring (bicyclic) bond motifs is 1. The number of thiol groups is 1. The van der Waals surface area contributed by atoms with Gasteiger partial charge in [0.25, 0.3) is 0 Å². The fraction of sp³-hybridized carbons (Fsp3) is 0.625. The van der Waals surface area contributed by atoms with E-state index >= 15 is 0 Å². The van der Waals surface area contributed by atoms with Crippen LogP contribution in [0.2, 0.25) is 0 Å². The van der Waals surface area contributed by atoms with E-state index in [1.807, 2.05) is 0 Å². The van der Waals surface area contributed by atoms with E-state index in [4.69, 9.17) is 9.47 Å². The molecule has 1 unspecified atom stereocenters. The van der Waals surface area contributed by atoms with Gasteiger partial charge >= 0.3 is 0 Å². The van der Waals surface area contributed by atoms with E-state index in [1.54, 1.807) is 14.2 Å². The monoisotopic (exact) mass is 295 g/mol. The molecule has 0 fully saturated rings. The summed E-state index contributed by atoms with van der Waals surface area (Å²) in [6, 6.07) is 4.25. The Hall–Kier alpha value is -0.870. The van der Waals surface area contributed by atoms with Gasteiger partial charge in [-0.25, -0.2) is 0 Å². The molecule has 0 saturated carbocycles. The largest absolute Gasteiger partial charge is 0.493 e. The highest BCUT2D eigenvalue weighted by Crippen LogP contribution is 2.33. The number of hydrogen-bond acceptors (Lipinski definition) is 4. The van der Waals surface area contributed by atoms with Gasteiger partial charge in [0, 0.05) is 19.6 Å². The first-order chi connectivity index (χ1) is 9.71. The lowest BCUT2D eigenvalue weighted by atomic mass is 9.97. The summed E-state index contributed by atoms with van der Waals surface area (Å²) < 4.78 is 10.8. The van der Waals surface area contributed by atoms with Crippen LogP contribution in [0.3, 0.4) is 0 Å². The molecule has 0 saturated heterocycles. The molecule has 0 bridgehead atoms. The van der Waals surface area contributed by atoms with Crippen molar-refractivity contribution in [2.45, 2.75) is 26.3 Å². The van der Waals surface area contributed by atoms with Crippen LogP contribution in [0.25, 0.3) is 0 Å². The summed E-state index contributed by atoms with van der Waals surface area (Å²) in [6.07, 6.45) is 2.28. The molecule has 2 rings (SSSR count). The summed E-state index contributed by atoms with van der Waals surface area (Å²) in [6.45, 7) is 5.49. The van der Waals surface area contributed by atoms with Gasteiger partial charge in [-0.15, -0.1) is 0 Å². The number of nitrogens with zero attached hydrogens (tertiary/aromatic N) is 1. The van der Waals surface area contributed by atoms with Crippen LogP contribution in [0.15, 0.2) is 12.1 Å². The van der Waals surface area contributed by atoms with E-state index < -0.39 is 0 Å². The standard InChI is InChI=1S/C16H25NO2S/c1-4-12(11-20)9-17-6-5-13-7-15(18-2)16(19-3)8-14(13)10-17/h7-8,12,20H,4-6,9-11H2,1-3H3. The van der Waals surface area contributed by atoms with Crippen molar-refractivity contribution in [1.29, 1.82) is 0 Å². The second-order valence-corrected chi connectivity index (χ2v) is 5.78. The van der Waals surface area contributed by atoms with Crippen LogP contribution in [0, 0.1) is 5.92 Å². The van der Waals surface area contributed by atoms with Gasteiger partial charge in [0.15, 0.2) is 11.5 Å². The molecule has 0 spiro atoms. The molecule has 20 heavy (non-hydrogen) atoms. The summed E-state index contributed by atoms with van der Waals surface area (Å²) in [5.74, 6) is 3.31. The molecule has 0 aromatic heterocycles. The molecule has 0 radical (unpaired) electrons. The van der Waals surface area contributed by atoms with Crippen molar-refractivity contribution in [3.63, 3.8) is 0 Å². The molecule has 3 nitrogen and oxygen atoms in total. The Morgan fingerprint density at radius 1 is 1.20 bits per heavy atom. The summed E-state index contributed by atoms with van der Waals surface area (Å²) >= 11 is 4.45. The number of methoxy groups -OCH3 is 2. The van der Waals surface area contributed by atoms with E-state index in [-0.39, 0.29) is 0 Å². The molecule has 1 aliphatic rings. The van der Waals surface area contributed by atoms with Crippen LogP contribution in [0.5, 0.6) is 11.5 Å². The van der Waals surface area contributed by atoms with Crippen LogP contribution in [-0.2, 0) is 13.0 Å². The Kier molecular flexibility index (Phi) is 5.61. The average Bonchev–Trinajstić information content (AvgIpc) is 2.50. The minimum Gasteiger partial charge on any atom is -0.493 e. The maximum atomic E-state index is 5.41. The lowest BCUT2D eigenvalue weighted by Crippen LogP contribution is -2.35. The molecule has 112 valence electrons. The van der Waals surface area contributed by atoms with Crippen LogP contribution in [0.4, 0.5) is 0 Å². The lowest BCUT2D eigenvalue weighted by Gasteiger charge is -2.31. The smallest absolute Gasteiger partial charge is 0.161 e. The minimum atomic E-state index is 0.681. The minimum absolute atomic E-state index is 0.681. The molecular weight excluding hydrogens is 270 g/mol. The third-order valence-electron chi connectivity index (χ3n) is 4.15. The second-order valence-electron chi connectivity index (χ2n) is 5.42. The van der Waals surface area contributed by atoms with Gasteiger partial charge in [-0.3, -0.25) is 4.90 Å². The highest BCUT2D eigenvalue weighted by molar-refractivity contribution is 7.80. The summed E-state index contributed by atoms with van der Waals surface area (Å²) in [4.78, 5) is 2.53. The van der Waals surface area contributed by atoms with Crippen molar-refractivity contribution >= 4 is 12.6 Å². The SMILES string of the molecule is CCC(CS)CN1CCc2cc(OC)c(OC)cc2C1. The summed E-state index contributed by atoms with van der Waals surface area (Å²) in [7, 11) is 3.39. The van der Waals surface area contributed by atoms with Gasteiger partial charge in [-0.05, 0) is 41.4 Å². The summed E-state index contributed by atoms with van der Waals surface area (Å²) in [5.41, 5.74) is 2.75. The zero-order valence-electron chi connectivity index (χ0n) is 12.7. The van der Waals surface area contributed by atoms with Gasteiger partial charge in [0.1, 0.15) is 0 Å². The predicted molar refractivity (Wildman–Crippen MR) is 86.2 cm³/mol. The zero-order valence-corrected chi connectivity index (χ0v) is 13.6. The van der Waals surface area contributed by atoms with Gasteiger partial charge in [0.05, 0.1) is 14.2 Å². The molecule has 1 aromatic carbocycles. The van der Waals surface area contributed by atoms with E-state index in [0.29, 0.717) is 5.92 Å². The number of rotatable bonds is 6. The third-order valence-corrected chi connectivity index (χ3v) is 4.67.